The van der Waals surface area contributed by atoms with Crippen molar-refractivity contribution >= 4 is 0 Å². The number of hydrogen-bond donors (Lipinski definition) is 0. The standard InChI is InChI=1S/Cr.2HNO2/c;2*2-1-3/h;2*(H,2,3)/q+2;;/p-2. The fraction of sp³-hybridized carbons (Fsp3) is 0. The molecule has 0 saturated carbocycles. The molecule has 0 fully saturated rings. The summed E-state index contributed by atoms with van der Waals surface area (Å²) in [5, 5.41) is 18.0. The van der Waals surface area contributed by atoms with Gasteiger partial charge in [0.1, 0.15) is 0 Å². The van der Waals surface area contributed by atoms with E-state index in [9.17, 15) is 0 Å². The van der Waals surface area contributed by atoms with E-state index < -0.39 is 0 Å². The van der Waals surface area contributed by atoms with Crippen LogP contribution in [0.15, 0.2) is 10.7 Å². The summed E-state index contributed by atoms with van der Waals surface area (Å²) < 4.78 is 0. The van der Waals surface area contributed by atoms with Gasteiger partial charge in [-0.1, -0.05) is 0 Å². The van der Waals surface area contributed by atoms with Crippen LogP contribution in [0.1, 0.15) is 0 Å². The third kappa shape index (κ3) is 133. The SMILES string of the molecule is O=N[O-].O=N[O-].[Cr+2]. The Morgan fingerprint density at radius 1 is 1.00 bits per heavy atom. The minimum atomic E-state index is 0. The zero-order valence-corrected chi connectivity index (χ0v) is 4.21. The molecular formula is CrN2O4. The summed E-state index contributed by atoms with van der Waals surface area (Å²) in [6.45, 7) is 0. The molecule has 40 valence electrons. The van der Waals surface area contributed by atoms with Crippen LogP contribution in [0.3, 0.4) is 0 Å². The molecular weight excluding hydrogens is 144 g/mol. The molecule has 0 radical (unpaired) electrons. The molecule has 0 unspecified atom stereocenters. The quantitative estimate of drug-likeness (QED) is 0.364. The average molecular weight is 144 g/mol. The monoisotopic (exact) mass is 144 g/mol. The van der Waals surface area contributed by atoms with E-state index in [2.05, 4.69) is 0 Å². The van der Waals surface area contributed by atoms with Gasteiger partial charge in [0.25, 0.3) is 0 Å². The van der Waals surface area contributed by atoms with E-state index in [1.165, 1.54) is 0 Å². The maximum atomic E-state index is 8.00. The molecule has 0 aromatic rings. The Morgan fingerprint density at radius 3 is 1.00 bits per heavy atom. The van der Waals surface area contributed by atoms with Gasteiger partial charge in [0, 0.05) is 0 Å². The number of hydrogen-bond acceptors (Lipinski definition) is 6. The van der Waals surface area contributed by atoms with Gasteiger partial charge < -0.3 is 20.2 Å². The van der Waals surface area contributed by atoms with Crippen LogP contribution in [0, 0.1) is 20.2 Å². The molecule has 0 aliphatic rings. The van der Waals surface area contributed by atoms with E-state index in [0.29, 0.717) is 0 Å². The largest absolute Gasteiger partial charge is 2.00 e. The van der Waals surface area contributed by atoms with Crippen LogP contribution in [-0.4, -0.2) is 0 Å². The molecule has 0 aromatic carbocycles. The van der Waals surface area contributed by atoms with Crippen LogP contribution in [0.4, 0.5) is 0 Å². The van der Waals surface area contributed by atoms with Gasteiger partial charge in [0.15, 0.2) is 0 Å². The first kappa shape index (κ1) is 16.2. The van der Waals surface area contributed by atoms with E-state index in [0.717, 1.165) is 10.7 Å². The van der Waals surface area contributed by atoms with E-state index in [-0.39, 0.29) is 17.4 Å². The van der Waals surface area contributed by atoms with Crippen LogP contribution in [0.2, 0.25) is 0 Å². The zero-order chi connectivity index (χ0) is 5.41. The van der Waals surface area contributed by atoms with Crippen molar-refractivity contribution in [3.05, 3.63) is 20.2 Å². The summed E-state index contributed by atoms with van der Waals surface area (Å²) in [7, 11) is 0. The topological polar surface area (TPSA) is 105 Å². The summed E-state index contributed by atoms with van der Waals surface area (Å²) in [6, 6.07) is 0. The molecule has 7 heavy (non-hydrogen) atoms. The summed E-state index contributed by atoms with van der Waals surface area (Å²) in [5.41, 5.74) is 0. The van der Waals surface area contributed by atoms with Gasteiger partial charge in [-0.25, -0.2) is 0 Å². The molecule has 0 aliphatic heterocycles. The Labute approximate surface area is 49.1 Å². The molecule has 7 heteroatoms. The van der Waals surface area contributed by atoms with Gasteiger partial charge in [-0.05, 0) is 0 Å². The van der Waals surface area contributed by atoms with Crippen LogP contribution >= 0.6 is 0 Å². The summed E-state index contributed by atoms with van der Waals surface area (Å²) in [4.78, 5) is 16.0. The zero-order valence-electron chi connectivity index (χ0n) is 2.94. The molecule has 0 rings (SSSR count). The second-order valence-electron chi connectivity index (χ2n) is 0.149. The van der Waals surface area contributed by atoms with Gasteiger partial charge in [0.2, 0.25) is 0 Å². The van der Waals surface area contributed by atoms with Crippen molar-refractivity contribution in [3.63, 3.8) is 0 Å². The average Bonchev–Trinajstić information content (AvgIpc) is 1.39. The summed E-state index contributed by atoms with van der Waals surface area (Å²) >= 11 is 0. The van der Waals surface area contributed by atoms with Crippen molar-refractivity contribution in [2.24, 2.45) is 10.7 Å². The Bertz CT molecular complexity index is 30.7. The smallest absolute Gasteiger partial charge is 0.444 e. The van der Waals surface area contributed by atoms with E-state index in [1.807, 2.05) is 0 Å². The first-order valence-electron chi connectivity index (χ1n) is 0.730. The Morgan fingerprint density at radius 2 is 1.00 bits per heavy atom. The first-order chi connectivity index (χ1) is 2.83. The molecule has 0 N–H and O–H groups in total. The number of rotatable bonds is 0. The second-order valence-corrected chi connectivity index (χ2v) is 0.149. The molecule has 0 amide bonds. The van der Waals surface area contributed by atoms with E-state index in [1.54, 1.807) is 0 Å². The van der Waals surface area contributed by atoms with Crippen molar-refractivity contribution in [3.8, 4) is 0 Å². The second kappa shape index (κ2) is 56.4. The predicted molar refractivity (Wildman–Crippen MR) is 18.3 cm³/mol. The fourth-order valence-electron chi connectivity index (χ4n) is 0. The van der Waals surface area contributed by atoms with Gasteiger partial charge in [-0.15, -0.1) is 10.7 Å². The van der Waals surface area contributed by atoms with Crippen LogP contribution in [0.5, 0.6) is 0 Å². The Kier molecular flexibility index (Phi) is 131. The van der Waals surface area contributed by atoms with E-state index >= 15 is 0 Å². The molecule has 0 saturated heterocycles. The maximum Gasteiger partial charge on any atom is 2.00 e. The van der Waals surface area contributed by atoms with Gasteiger partial charge in [0.05, 0.1) is 0 Å². The summed E-state index contributed by atoms with van der Waals surface area (Å²) in [6.07, 6.45) is 0. The maximum absolute atomic E-state index is 8.00. The molecule has 0 spiro atoms. The normalized spacial score (nSPS) is 3.43. The van der Waals surface area contributed by atoms with Gasteiger partial charge in [-0.3, -0.25) is 0 Å². The van der Waals surface area contributed by atoms with Gasteiger partial charge in [-0.2, -0.15) is 0 Å². The predicted octanol–water partition coefficient (Wildman–Crippen LogP) is 0.499. The van der Waals surface area contributed by atoms with Crippen LogP contribution in [0.25, 0.3) is 0 Å². The molecule has 0 heterocycles. The molecule has 0 bridgehead atoms. The minimum absolute atomic E-state index is 0. The van der Waals surface area contributed by atoms with Gasteiger partial charge >= 0.3 is 17.4 Å². The first-order valence-corrected chi connectivity index (χ1v) is 0.730. The summed E-state index contributed by atoms with van der Waals surface area (Å²) in [5.74, 6) is 0. The van der Waals surface area contributed by atoms with Crippen molar-refractivity contribution < 1.29 is 17.4 Å². The fourth-order valence-corrected chi connectivity index (χ4v) is 0. The van der Waals surface area contributed by atoms with Crippen molar-refractivity contribution in [1.29, 1.82) is 0 Å². The van der Waals surface area contributed by atoms with E-state index in [4.69, 9.17) is 20.2 Å². The Hall–Kier alpha value is -0.668. The van der Waals surface area contributed by atoms with Crippen molar-refractivity contribution in [2.45, 2.75) is 0 Å². The third-order valence-electron chi connectivity index (χ3n) is 0. The molecule has 0 aromatic heterocycles. The Balaban J connectivity index is -0.0000000400. The van der Waals surface area contributed by atoms with Crippen molar-refractivity contribution in [1.82, 2.24) is 0 Å². The molecule has 6 nitrogen and oxygen atoms in total. The minimum Gasteiger partial charge on any atom is -0.444 e. The van der Waals surface area contributed by atoms with Crippen LogP contribution in [-0.2, 0) is 17.4 Å². The third-order valence-corrected chi connectivity index (χ3v) is 0. The van der Waals surface area contributed by atoms with Crippen LogP contribution < -0.4 is 0 Å². The van der Waals surface area contributed by atoms with Crippen molar-refractivity contribution in [2.75, 3.05) is 0 Å². The molecule has 0 atom stereocenters. The molecule has 0 aliphatic carbocycles. The number of nitrogens with zero attached hydrogens (tertiary/aromatic N) is 2.